The summed E-state index contributed by atoms with van der Waals surface area (Å²) in [7, 11) is 1.85. The topological polar surface area (TPSA) is 82.2 Å². The number of hydrogen-bond donors (Lipinski definition) is 2. The summed E-state index contributed by atoms with van der Waals surface area (Å²) in [6.45, 7) is 0. The molecule has 1 aromatic heterocycles. The van der Waals surface area contributed by atoms with E-state index in [2.05, 4.69) is 10.1 Å². The Morgan fingerprint density at radius 2 is 2.36 bits per heavy atom. The number of rotatable bonds is 1. The quantitative estimate of drug-likeness (QED) is 0.627. The van der Waals surface area contributed by atoms with Crippen LogP contribution in [0.15, 0.2) is 29.5 Å². The molecule has 4 N–H and O–H groups in total. The van der Waals surface area contributed by atoms with Crippen LogP contribution in [0.1, 0.15) is 5.69 Å². The number of aliphatic imine (C=N–C) groups is 1. The Kier molecular flexibility index (Phi) is 1.98. The Hall–Kier alpha value is -1.46. The zero-order valence-electron chi connectivity index (χ0n) is 7.96. The lowest BCUT2D eigenvalue weighted by molar-refractivity contribution is 0.493. The van der Waals surface area contributed by atoms with E-state index in [-0.39, 0.29) is 6.04 Å². The van der Waals surface area contributed by atoms with Gasteiger partial charge in [0.2, 0.25) is 0 Å². The van der Waals surface area contributed by atoms with Gasteiger partial charge in [-0.1, -0.05) is 0 Å². The molecule has 2 atom stereocenters. The van der Waals surface area contributed by atoms with E-state index in [0.29, 0.717) is 0 Å². The molecule has 5 nitrogen and oxygen atoms in total. The first kappa shape index (κ1) is 9.11. The van der Waals surface area contributed by atoms with Crippen LogP contribution in [0.3, 0.4) is 0 Å². The third-order valence-electron chi connectivity index (χ3n) is 2.39. The highest BCUT2D eigenvalue weighted by atomic mass is 15.3. The van der Waals surface area contributed by atoms with E-state index < -0.39 is 5.54 Å². The number of nitrogens with two attached hydrogens (primary N) is 2. The Balaban J connectivity index is 2.41. The van der Waals surface area contributed by atoms with Crippen LogP contribution in [0.4, 0.5) is 0 Å². The molecule has 1 aromatic rings. The molecular formula is C9H13N5. The van der Waals surface area contributed by atoms with E-state index in [9.17, 15) is 0 Å². The van der Waals surface area contributed by atoms with Crippen LogP contribution in [0.25, 0.3) is 0 Å². The highest BCUT2D eigenvalue weighted by Crippen LogP contribution is 2.22. The second-order valence-electron chi connectivity index (χ2n) is 3.45. The van der Waals surface area contributed by atoms with Crippen LogP contribution in [0, 0.1) is 0 Å². The van der Waals surface area contributed by atoms with Crippen LogP contribution in [-0.2, 0) is 12.6 Å². The molecule has 1 aliphatic heterocycles. The van der Waals surface area contributed by atoms with Crippen molar-refractivity contribution in [2.24, 2.45) is 23.5 Å². The predicted molar refractivity (Wildman–Crippen MR) is 54.7 cm³/mol. The molecule has 2 unspecified atom stereocenters. The van der Waals surface area contributed by atoms with E-state index in [1.807, 2.05) is 19.3 Å². The van der Waals surface area contributed by atoms with E-state index in [0.717, 1.165) is 5.69 Å². The second kappa shape index (κ2) is 3.04. The molecule has 0 radical (unpaired) electrons. The molecule has 1 aliphatic rings. The Labute approximate surface area is 82.1 Å². The third kappa shape index (κ3) is 1.26. The minimum atomic E-state index is -0.733. The van der Waals surface area contributed by atoms with Crippen molar-refractivity contribution in [3.63, 3.8) is 0 Å². The molecule has 14 heavy (non-hydrogen) atoms. The lowest BCUT2D eigenvalue weighted by Gasteiger charge is -2.29. The molecule has 0 amide bonds. The van der Waals surface area contributed by atoms with E-state index in [4.69, 9.17) is 11.5 Å². The van der Waals surface area contributed by atoms with Crippen molar-refractivity contribution in [3.05, 3.63) is 30.2 Å². The van der Waals surface area contributed by atoms with Crippen LogP contribution < -0.4 is 11.5 Å². The van der Waals surface area contributed by atoms with Crippen molar-refractivity contribution < 1.29 is 0 Å². The maximum Gasteiger partial charge on any atom is 0.101 e. The molecule has 0 aromatic carbocycles. The lowest BCUT2D eigenvalue weighted by atomic mass is 9.87. The third-order valence-corrected chi connectivity index (χ3v) is 2.39. The van der Waals surface area contributed by atoms with Crippen molar-refractivity contribution in [2.45, 2.75) is 11.6 Å². The molecule has 0 fully saturated rings. The molecule has 74 valence electrons. The molecule has 0 saturated carbocycles. The van der Waals surface area contributed by atoms with Gasteiger partial charge in [-0.15, -0.1) is 0 Å². The van der Waals surface area contributed by atoms with Gasteiger partial charge in [0.15, 0.2) is 0 Å². The smallest absolute Gasteiger partial charge is 0.101 e. The van der Waals surface area contributed by atoms with Crippen molar-refractivity contribution in [1.82, 2.24) is 9.78 Å². The summed E-state index contributed by atoms with van der Waals surface area (Å²) in [6.07, 6.45) is 6.91. The highest BCUT2D eigenvalue weighted by molar-refractivity contribution is 5.70. The van der Waals surface area contributed by atoms with Gasteiger partial charge in [0.1, 0.15) is 5.54 Å². The average Bonchev–Trinajstić information content (AvgIpc) is 2.58. The van der Waals surface area contributed by atoms with Crippen LogP contribution in [0.5, 0.6) is 0 Å². The largest absolute Gasteiger partial charge is 0.321 e. The van der Waals surface area contributed by atoms with E-state index in [1.165, 1.54) is 0 Å². The number of aryl methyl sites for hydroxylation is 1. The van der Waals surface area contributed by atoms with Gasteiger partial charge < -0.3 is 11.5 Å². The first-order valence-electron chi connectivity index (χ1n) is 4.38. The standard InChI is InChI=1S/C9H13N5/c1-14-5-2-8(13-14)9(11)3-4-12-6-7(9)10/h2-7H,10-11H2,1H3. The lowest BCUT2D eigenvalue weighted by Crippen LogP contribution is -2.53. The van der Waals surface area contributed by atoms with Crippen molar-refractivity contribution in [3.8, 4) is 0 Å². The monoisotopic (exact) mass is 191 g/mol. The molecule has 2 rings (SSSR count). The summed E-state index contributed by atoms with van der Waals surface area (Å²) in [5.74, 6) is 0. The predicted octanol–water partition coefficient (Wildman–Crippen LogP) is -0.500. The fourth-order valence-corrected chi connectivity index (χ4v) is 1.45. The molecule has 2 heterocycles. The molecule has 0 aliphatic carbocycles. The fraction of sp³-hybridized carbons (Fsp3) is 0.333. The molecular weight excluding hydrogens is 178 g/mol. The van der Waals surface area contributed by atoms with E-state index >= 15 is 0 Å². The summed E-state index contributed by atoms with van der Waals surface area (Å²) in [5.41, 5.74) is 12.1. The summed E-state index contributed by atoms with van der Waals surface area (Å²) in [6, 6.07) is 1.53. The zero-order valence-corrected chi connectivity index (χ0v) is 7.96. The second-order valence-corrected chi connectivity index (χ2v) is 3.45. The van der Waals surface area contributed by atoms with Gasteiger partial charge in [0, 0.05) is 25.7 Å². The van der Waals surface area contributed by atoms with Gasteiger partial charge in [0.25, 0.3) is 0 Å². The van der Waals surface area contributed by atoms with Gasteiger partial charge in [0.05, 0.1) is 11.7 Å². The van der Waals surface area contributed by atoms with Crippen LogP contribution in [0.2, 0.25) is 0 Å². The number of nitrogens with zero attached hydrogens (tertiary/aromatic N) is 3. The van der Waals surface area contributed by atoms with Gasteiger partial charge in [-0.05, 0) is 12.1 Å². The summed E-state index contributed by atoms with van der Waals surface area (Å²) in [5, 5.41) is 4.26. The van der Waals surface area contributed by atoms with Gasteiger partial charge in [-0.25, -0.2) is 0 Å². The van der Waals surface area contributed by atoms with Crippen LogP contribution >= 0.6 is 0 Å². The molecule has 0 saturated heterocycles. The normalized spacial score (nSPS) is 30.9. The first-order valence-corrected chi connectivity index (χ1v) is 4.38. The fourth-order valence-electron chi connectivity index (χ4n) is 1.45. The van der Waals surface area contributed by atoms with E-state index in [1.54, 1.807) is 23.2 Å². The van der Waals surface area contributed by atoms with Gasteiger partial charge in [-0.3, -0.25) is 9.67 Å². The maximum absolute atomic E-state index is 6.16. The van der Waals surface area contributed by atoms with Crippen molar-refractivity contribution in [1.29, 1.82) is 0 Å². The minimum absolute atomic E-state index is 0.331. The molecule has 0 bridgehead atoms. The summed E-state index contributed by atoms with van der Waals surface area (Å²) < 4.78 is 1.70. The summed E-state index contributed by atoms with van der Waals surface area (Å²) in [4.78, 5) is 3.94. The molecule has 5 heteroatoms. The van der Waals surface area contributed by atoms with Crippen molar-refractivity contribution >= 4 is 6.21 Å². The Morgan fingerprint density at radius 1 is 1.57 bits per heavy atom. The minimum Gasteiger partial charge on any atom is -0.321 e. The number of hydrogen-bond acceptors (Lipinski definition) is 4. The van der Waals surface area contributed by atoms with Gasteiger partial charge in [-0.2, -0.15) is 5.10 Å². The summed E-state index contributed by atoms with van der Waals surface area (Å²) >= 11 is 0. The number of aromatic nitrogens is 2. The molecule has 0 spiro atoms. The average molecular weight is 191 g/mol. The highest BCUT2D eigenvalue weighted by Gasteiger charge is 2.34. The zero-order chi connectivity index (χ0) is 10.2. The van der Waals surface area contributed by atoms with Gasteiger partial charge >= 0.3 is 0 Å². The van der Waals surface area contributed by atoms with Crippen LogP contribution in [-0.4, -0.2) is 22.0 Å². The maximum atomic E-state index is 6.16. The Morgan fingerprint density at radius 3 is 2.93 bits per heavy atom. The first-order chi connectivity index (χ1) is 6.63. The van der Waals surface area contributed by atoms with Crippen molar-refractivity contribution in [2.75, 3.05) is 0 Å². The SMILES string of the molecule is Cn1ccc(C2(N)C=CN=CC2N)n1. The Bertz CT molecular complexity index is 392.